The van der Waals surface area contributed by atoms with E-state index >= 15 is 0 Å². The van der Waals surface area contributed by atoms with Crippen LogP contribution in [-0.4, -0.2) is 43.0 Å². The SMILES string of the molecule is O=C(CN1C(=O)COc2cc(Br)ccc21)N1CC[C@H](c2cccc(F)c2)C1. The molecule has 0 aromatic heterocycles. The quantitative estimate of drug-likeness (QED) is 0.747. The number of nitrogens with zero attached hydrogens (tertiary/aromatic N) is 2. The third kappa shape index (κ3) is 3.69. The summed E-state index contributed by atoms with van der Waals surface area (Å²) in [6.45, 7) is 1.04. The molecule has 0 spiro atoms. The lowest BCUT2D eigenvalue weighted by molar-refractivity contribution is -0.131. The Morgan fingerprint density at radius 2 is 2.11 bits per heavy atom. The molecular formula is C20H18BrFN2O3. The topological polar surface area (TPSA) is 49.9 Å². The van der Waals surface area contributed by atoms with Crippen LogP contribution in [0.25, 0.3) is 0 Å². The average molecular weight is 433 g/mol. The molecule has 0 aliphatic carbocycles. The third-order valence-corrected chi connectivity index (χ3v) is 5.51. The van der Waals surface area contributed by atoms with Crippen LogP contribution in [0.15, 0.2) is 46.9 Å². The minimum atomic E-state index is -0.265. The average Bonchev–Trinajstić information content (AvgIpc) is 3.14. The number of carbonyl (C=O) groups excluding carboxylic acids is 2. The summed E-state index contributed by atoms with van der Waals surface area (Å²) in [5.74, 6) is 0.0835. The van der Waals surface area contributed by atoms with Gasteiger partial charge in [0.1, 0.15) is 18.1 Å². The lowest BCUT2D eigenvalue weighted by Gasteiger charge is -2.30. The van der Waals surface area contributed by atoms with Crippen LogP contribution in [0.2, 0.25) is 0 Å². The molecule has 2 aromatic carbocycles. The molecular weight excluding hydrogens is 415 g/mol. The Balaban J connectivity index is 1.46. The Kier molecular flexibility index (Phi) is 4.86. The number of hydrogen-bond acceptors (Lipinski definition) is 3. The minimum absolute atomic E-state index is 0.0211. The first-order chi connectivity index (χ1) is 13.0. The van der Waals surface area contributed by atoms with Crippen LogP contribution >= 0.6 is 15.9 Å². The van der Waals surface area contributed by atoms with Crippen LogP contribution in [0.3, 0.4) is 0 Å². The zero-order valence-corrected chi connectivity index (χ0v) is 16.1. The van der Waals surface area contributed by atoms with Crippen LogP contribution in [0, 0.1) is 5.82 Å². The first kappa shape index (κ1) is 18.0. The van der Waals surface area contributed by atoms with Gasteiger partial charge in [-0.2, -0.15) is 0 Å². The fourth-order valence-electron chi connectivity index (χ4n) is 3.61. The molecule has 0 radical (unpaired) electrons. The Labute approximate surface area is 164 Å². The first-order valence-electron chi connectivity index (χ1n) is 8.77. The molecule has 27 heavy (non-hydrogen) atoms. The summed E-state index contributed by atoms with van der Waals surface area (Å²) >= 11 is 3.38. The van der Waals surface area contributed by atoms with Crippen molar-refractivity contribution in [3.8, 4) is 5.75 Å². The first-order valence-corrected chi connectivity index (χ1v) is 9.56. The van der Waals surface area contributed by atoms with Crippen molar-refractivity contribution < 1.29 is 18.7 Å². The van der Waals surface area contributed by atoms with Gasteiger partial charge in [-0.1, -0.05) is 28.1 Å². The number of rotatable bonds is 3. The van der Waals surface area contributed by atoms with E-state index in [0.29, 0.717) is 24.5 Å². The lowest BCUT2D eigenvalue weighted by atomic mass is 9.98. The van der Waals surface area contributed by atoms with Crippen molar-refractivity contribution in [3.63, 3.8) is 0 Å². The number of amides is 2. The zero-order valence-electron chi connectivity index (χ0n) is 14.5. The highest BCUT2D eigenvalue weighted by molar-refractivity contribution is 9.10. The van der Waals surface area contributed by atoms with Crippen molar-refractivity contribution in [3.05, 3.63) is 58.3 Å². The van der Waals surface area contributed by atoms with E-state index in [-0.39, 0.29) is 36.7 Å². The van der Waals surface area contributed by atoms with Crippen LogP contribution in [0.1, 0.15) is 17.9 Å². The Morgan fingerprint density at radius 3 is 2.93 bits per heavy atom. The van der Waals surface area contributed by atoms with E-state index in [9.17, 15) is 14.0 Å². The second-order valence-electron chi connectivity index (χ2n) is 6.76. The fraction of sp³-hybridized carbons (Fsp3) is 0.300. The van der Waals surface area contributed by atoms with Gasteiger partial charge >= 0.3 is 0 Å². The largest absolute Gasteiger partial charge is 0.482 e. The highest BCUT2D eigenvalue weighted by Gasteiger charge is 2.32. The number of anilines is 1. The maximum absolute atomic E-state index is 13.5. The number of hydrogen-bond donors (Lipinski definition) is 0. The summed E-state index contributed by atoms with van der Waals surface area (Å²) in [6.07, 6.45) is 0.787. The molecule has 2 aromatic rings. The second kappa shape index (κ2) is 7.31. The van der Waals surface area contributed by atoms with Crippen LogP contribution in [0.5, 0.6) is 5.75 Å². The van der Waals surface area contributed by atoms with Gasteiger partial charge in [0.15, 0.2) is 6.61 Å². The summed E-state index contributed by atoms with van der Waals surface area (Å²) in [5, 5.41) is 0. The molecule has 5 nitrogen and oxygen atoms in total. The highest BCUT2D eigenvalue weighted by atomic mass is 79.9. The van der Waals surface area contributed by atoms with E-state index in [1.54, 1.807) is 23.1 Å². The summed E-state index contributed by atoms with van der Waals surface area (Å²) in [7, 11) is 0. The van der Waals surface area contributed by atoms with Crippen molar-refractivity contribution >= 4 is 33.4 Å². The molecule has 2 amide bonds. The Morgan fingerprint density at radius 1 is 1.26 bits per heavy atom. The maximum atomic E-state index is 13.5. The van der Waals surface area contributed by atoms with Crippen molar-refractivity contribution in [1.82, 2.24) is 4.90 Å². The molecule has 0 unspecified atom stereocenters. The van der Waals surface area contributed by atoms with Crippen LogP contribution in [-0.2, 0) is 9.59 Å². The highest BCUT2D eigenvalue weighted by Crippen LogP contribution is 2.35. The predicted octanol–water partition coefficient (Wildman–Crippen LogP) is 3.33. The van der Waals surface area contributed by atoms with Gasteiger partial charge in [-0.25, -0.2) is 4.39 Å². The second-order valence-corrected chi connectivity index (χ2v) is 7.68. The molecule has 1 saturated heterocycles. The molecule has 140 valence electrons. The van der Waals surface area contributed by atoms with E-state index < -0.39 is 0 Å². The van der Waals surface area contributed by atoms with Gasteiger partial charge in [0.2, 0.25) is 5.91 Å². The normalized spacial score (nSPS) is 19.0. The summed E-state index contributed by atoms with van der Waals surface area (Å²) in [5.41, 5.74) is 1.51. The monoisotopic (exact) mass is 432 g/mol. The smallest absolute Gasteiger partial charge is 0.265 e. The number of halogens is 2. The Bertz CT molecular complexity index is 905. The molecule has 0 bridgehead atoms. The van der Waals surface area contributed by atoms with Gasteiger partial charge < -0.3 is 9.64 Å². The van der Waals surface area contributed by atoms with Gasteiger partial charge in [0.05, 0.1) is 5.69 Å². The predicted molar refractivity (Wildman–Crippen MR) is 102 cm³/mol. The molecule has 1 atom stereocenters. The van der Waals surface area contributed by atoms with Gasteiger partial charge in [0.25, 0.3) is 5.91 Å². The summed E-state index contributed by atoms with van der Waals surface area (Å²) in [4.78, 5) is 28.3. The van der Waals surface area contributed by atoms with Gasteiger partial charge in [-0.3, -0.25) is 14.5 Å². The zero-order chi connectivity index (χ0) is 19.0. The van der Waals surface area contributed by atoms with E-state index in [4.69, 9.17) is 4.74 Å². The molecule has 4 rings (SSSR count). The number of benzene rings is 2. The van der Waals surface area contributed by atoms with E-state index in [0.717, 1.165) is 16.5 Å². The van der Waals surface area contributed by atoms with E-state index in [2.05, 4.69) is 15.9 Å². The van der Waals surface area contributed by atoms with Gasteiger partial charge in [-0.15, -0.1) is 0 Å². The van der Waals surface area contributed by atoms with E-state index in [1.807, 2.05) is 12.1 Å². The van der Waals surface area contributed by atoms with Crippen molar-refractivity contribution in [2.24, 2.45) is 0 Å². The van der Waals surface area contributed by atoms with Gasteiger partial charge in [-0.05, 0) is 42.3 Å². The number of likely N-dealkylation sites (tertiary alicyclic amines) is 1. The lowest BCUT2D eigenvalue weighted by Crippen LogP contribution is -2.46. The molecule has 0 N–H and O–H groups in total. The molecule has 0 saturated carbocycles. The van der Waals surface area contributed by atoms with Crippen LogP contribution < -0.4 is 9.64 Å². The number of fused-ring (bicyclic) bond motifs is 1. The standard InChI is InChI=1S/C20H18BrFN2O3/c21-15-4-5-17-18(9-15)27-12-20(26)24(17)11-19(25)23-7-6-14(10-23)13-2-1-3-16(22)8-13/h1-5,8-9,14H,6-7,10-12H2/t14-/m0/s1. The van der Waals surface area contributed by atoms with Crippen molar-refractivity contribution in [2.45, 2.75) is 12.3 Å². The minimum Gasteiger partial charge on any atom is -0.482 e. The van der Waals surface area contributed by atoms with E-state index in [1.165, 1.54) is 17.0 Å². The third-order valence-electron chi connectivity index (χ3n) is 5.02. The van der Waals surface area contributed by atoms with Crippen LogP contribution in [0.4, 0.5) is 10.1 Å². The maximum Gasteiger partial charge on any atom is 0.265 e. The van der Waals surface area contributed by atoms with Crippen molar-refractivity contribution in [2.75, 3.05) is 31.1 Å². The molecule has 1 fully saturated rings. The van der Waals surface area contributed by atoms with Crippen molar-refractivity contribution in [1.29, 1.82) is 0 Å². The number of ether oxygens (including phenoxy) is 1. The molecule has 2 aliphatic heterocycles. The summed E-state index contributed by atoms with van der Waals surface area (Å²) in [6, 6.07) is 11.9. The molecule has 2 aliphatic rings. The Hall–Kier alpha value is -2.41. The summed E-state index contributed by atoms with van der Waals surface area (Å²) < 4.78 is 19.8. The van der Waals surface area contributed by atoms with Gasteiger partial charge in [0, 0.05) is 23.5 Å². The molecule has 7 heteroatoms. The number of carbonyl (C=O) groups is 2. The molecule has 2 heterocycles. The fourth-order valence-corrected chi connectivity index (χ4v) is 3.95.